The van der Waals surface area contributed by atoms with E-state index in [0.29, 0.717) is 18.3 Å². The molecular formula is C12H20ClNO2. The average Bonchev–Trinajstić information content (AvgIpc) is 2.42. The van der Waals surface area contributed by atoms with E-state index in [0.717, 1.165) is 12.8 Å². The van der Waals surface area contributed by atoms with Crippen LogP contribution >= 0.6 is 11.6 Å². The first-order valence-electron chi connectivity index (χ1n) is 5.90. The largest absolute Gasteiger partial charge is 0.282 e. The molecule has 0 saturated carbocycles. The predicted octanol–water partition coefficient (Wildman–Crippen LogP) is 2.28. The minimum absolute atomic E-state index is 0.0180. The Morgan fingerprint density at radius 1 is 1.19 bits per heavy atom. The lowest BCUT2D eigenvalue weighted by Crippen LogP contribution is -2.32. The molecule has 2 amide bonds. The minimum atomic E-state index is -0.157. The lowest BCUT2D eigenvalue weighted by Gasteiger charge is -2.17. The first kappa shape index (κ1) is 13.5. The molecule has 0 aromatic heterocycles. The summed E-state index contributed by atoms with van der Waals surface area (Å²) < 4.78 is 0. The molecule has 1 aliphatic heterocycles. The summed E-state index contributed by atoms with van der Waals surface area (Å²) in [5.41, 5.74) is 0. The van der Waals surface area contributed by atoms with Crippen LogP contribution in [0.4, 0.5) is 0 Å². The smallest absolute Gasteiger partial charge is 0.232 e. The Morgan fingerprint density at radius 2 is 1.69 bits per heavy atom. The molecule has 1 fully saturated rings. The molecule has 0 N–H and O–H groups in total. The number of hydrogen-bond donors (Lipinski definition) is 0. The molecule has 3 unspecified atom stereocenters. The maximum absolute atomic E-state index is 11.8. The highest BCUT2D eigenvalue weighted by molar-refractivity contribution is 6.17. The summed E-state index contributed by atoms with van der Waals surface area (Å²) in [6.45, 7) is 6.30. The van der Waals surface area contributed by atoms with E-state index in [9.17, 15) is 9.59 Å². The van der Waals surface area contributed by atoms with E-state index in [4.69, 9.17) is 11.6 Å². The van der Waals surface area contributed by atoms with Gasteiger partial charge in [0.1, 0.15) is 0 Å². The van der Waals surface area contributed by atoms with E-state index < -0.39 is 0 Å². The Labute approximate surface area is 102 Å². The Hall–Kier alpha value is -0.570. The second-order valence-corrected chi connectivity index (χ2v) is 5.15. The van der Waals surface area contributed by atoms with Crippen molar-refractivity contribution in [2.45, 2.75) is 33.6 Å². The number of halogens is 1. The lowest BCUT2D eigenvalue weighted by molar-refractivity contribution is -0.139. The van der Waals surface area contributed by atoms with E-state index in [-0.39, 0.29) is 23.7 Å². The fraction of sp³-hybridized carbons (Fsp3) is 0.833. The van der Waals surface area contributed by atoms with Crippen LogP contribution in [0.25, 0.3) is 0 Å². The van der Waals surface area contributed by atoms with E-state index in [1.165, 1.54) is 4.90 Å². The van der Waals surface area contributed by atoms with Crippen LogP contribution in [0.5, 0.6) is 0 Å². The molecule has 0 spiro atoms. The van der Waals surface area contributed by atoms with Gasteiger partial charge in [0.15, 0.2) is 0 Å². The summed E-state index contributed by atoms with van der Waals surface area (Å²) in [6, 6.07) is 0. The molecule has 0 aromatic rings. The zero-order valence-corrected chi connectivity index (χ0v) is 11.0. The first-order chi connectivity index (χ1) is 7.49. The van der Waals surface area contributed by atoms with Crippen molar-refractivity contribution in [3.05, 3.63) is 0 Å². The highest BCUT2D eigenvalue weighted by Crippen LogP contribution is 2.26. The molecule has 1 saturated heterocycles. The maximum Gasteiger partial charge on any atom is 0.232 e. The van der Waals surface area contributed by atoms with Crippen molar-refractivity contribution in [2.24, 2.45) is 17.8 Å². The summed E-state index contributed by atoms with van der Waals surface area (Å²) in [6.07, 6.45) is 1.78. The quantitative estimate of drug-likeness (QED) is 0.551. The molecule has 0 radical (unpaired) electrons. The van der Waals surface area contributed by atoms with E-state index in [2.05, 4.69) is 6.92 Å². The van der Waals surface area contributed by atoms with E-state index >= 15 is 0 Å². The third-order valence-electron chi connectivity index (χ3n) is 3.51. The highest BCUT2D eigenvalue weighted by atomic mass is 35.5. The number of rotatable bonds is 5. The Morgan fingerprint density at radius 3 is 2.12 bits per heavy atom. The van der Waals surface area contributed by atoms with Crippen LogP contribution in [0.15, 0.2) is 0 Å². The van der Waals surface area contributed by atoms with Crippen molar-refractivity contribution < 1.29 is 9.59 Å². The number of carbonyl (C=O) groups is 2. The van der Waals surface area contributed by atoms with Gasteiger partial charge in [-0.25, -0.2) is 0 Å². The molecule has 3 nitrogen and oxygen atoms in total. The van der Waals surface area contributed by atoms with Gasteiger partial charge in [-0.2, -0.15) is 0 Å². The number of nitrogens with zero attached hydrogens (tertiary/aromatic N) is 1. The van der Waals surface area contributed by atoms with Gasteiger partial charge >= 0.3 is 0 Å². The summed E-state index contributed by atoms with van der Waals surface area (Å²) >= 11 is 5.65. The van der Waals surface area contributed by atoms with Crippen LogP contribution in [0.3, 0.4) is 0 Å². The lowest BCUT2D eigenvalue weighted by atomic mass is 10.00. The molecule has 0 bridgehead atoms. The SMILES string of the molecule is CC(CCCl)CCN1C(=O)C(C)C(C)C1=O. The van der Waals surface area contributed by atoms with Gasteiger partial charge < -0.3 is 0 Å². The fourth-order valence-electron chi connectivity index (χ4n) is 1.93. The van der Waals surface area contributed by atoms with Crippen molar-refractivity contribution in [2.75, 3.05) is 12.4 Å². The molecule has 16 heavy (non-hydrogen) atoms. The van der Waals surface area contributed by atoms with Crippen LogP contribution in [0.2, 0.25) is 0 Å². The standard InChI is InChI=1S/C12H20ClNO2/c1-8(4-6-13)5-7-14-11(15)9(2)10(3)12(14)16/h8-10H,4-7H2,1-3H3. The molecule has 4 heteroatoms. The van der Waals surface area contributed by atoms with E-state index in [1.54, 1.807) is 0 Å². The van der Waals surface area contributed by atoms with Gasteiger partial charge in [-0.3, -0.25) is 14.5 Å². The molecule has 1 aliphatic rings. The molecular weight excluding hydrogens is 226 g/mol. The summed E-state index contributed by atoms with van der Waals surface area (Å²) in [5.74, 6) is 0.748. The van der Waals surface area contributed by atoms with Crippen molar-refractivity contribution in [1.29, 1.82) is 0 Å². The minimum Gasteiger partial charge on any atom is -0.282 e. The van der Waals surface area contributed by atoms with Gasteiger partial charge in [0.05, 0.1) is 0 Å². The maximum atomic E-state index is 11.8. The summed E-state index contributed by atoms with van der Waals surface area (Å²) in [7, 11) is 0. The van der Waals surface area contributed by atoms with Crippen LogP contribution in [-0.4, -0.2) is 29.1 Å². The van der Waals surface area contributed by atoms with Gasteiger partial charge in [-0.15, -0.1) is 11.6 Å². The topological polar surface area (TPSA) is 37.4 Å². The van der Waals surface area contributed by atoms with Gasteiger partial charge in [0, 0.05) is 24.3 Å². The van der Waals surface area contributed by atoms with Gasteiger partial charge in [0.2, 0.25) is 11.8 Å². The number of imide groups is 1. The molecule has 0 aliphatic carbocycles. The Bertz CT molecular complexity index is 260. The molecule has 3 atom stereocenters. The van der Waals surface area contributed by atoms with Crippen molar-refractivity contribution in [3.8, 4) is 0 Å². The van der Waals surface area contributed by atoms with Crippen molar-refractivity contribution >= 4 is 23.4 Å². The van der Waals surface area contributed by atoms with Crippen LogP contribution in [0, 0.1) is 17.8 Å². The van der Waals surface area contributed by atoms with Crippen LogP contribution < -0.4 is 0 Å². The zero-order chi connectivity index (χ0) is 12.3. The number of alkyl halides is 1. The average molecular weight is 246 g/mol. The van der Waals surface area contributed by atoms with Crippen molar-refractivity contribution in [3.63, 3.8) is 0 Å². The van der Waals surface area contributed by atoms with E-state index in [1.807, 2.05) is 13.8 Å². The number of likely N-dealkylation sites (tertiary alicyclic amines) is 1. The Kier molecular flexibility index (Phi) is 4.78. The van der Waals surface area contributed by atoms with Gasteiger partial charge in [-0.05, 0) is 18.8 Å². The predicted molar refractivity (Wildman–Crippen MR) is 64.2 cm³/mol. The number of hydrogen-bond acceptors (Lipinski definition) is 2. The van der Waals surface area contributed by atoms with Crippen LogP contribution in [-0.2, 0) is 9.59 Å². The summed E-state index contributed by atoms with van der Waals surface area (Å²) in [5, 5.41) is 0. The van der Waals surface area contributed by atoms with Crippen molar-refractivity contribution in [1.82, 2.24) is 4.90 Å². The third kappa shape index (κ3) is 2.76. The Balaban J connectivity index is 2.49. The third-order valence-corrected chi connectivity index (χ3v) is 3.73. The second-order valence-electron chi connectivity index (χ2n) is 4.78. The number of amides is 2. The highest BCUT2D eigenvalue weighted by Gasteiger charge is 2.41. The zero-order valence-electron chi connectivity index (χ0n) is 10.2. The monoisotopic (exact) mass is 245 g/mol. The number of carbonyl (C=O) groups excluding carboxylic acids is 2. The first-order valence-corrected chi connectivity index (χ1v) is 6.43. The second kappa shape index (κ2) is 5.67. The fourth-order valence-corrected chi connectivity index (χ4v) is 2.30. The van der Waals surface area contributed by atoms with Crippen LogP contribution in [0.1, 0.15) is 33.6 Å². The molecule has 92 valence electrons. The normalized spacial score (nSPS) is 27.6. The summed E-state index contributed by atoms with van der Waals surface area (Å²) in [4.78, 5) is 25.0. The molecule has 1 rings (SSSR count). The van der Waals surface area contributed by atoms with Gasteiger partial charge in [-0.1, -0.05) is 20.8 Å². The molecule has 1 heterocycles. The van der Waals surface area contributed by atoms with Gasteiger partial charge in [0.25, 0.3) is 0 Å². The molecule has 0 aromatic carbocycles.